The average Bonchev–Trinajstić information content (AvgIpc) is 3.13. The van der Waals surface area contributed by atoms with Crippen LogP contribution in [-0.4, -0.2) is 75.1 Å². The number of hydrogen-bond donors (Lipinski definition) is 1. The summed E-state index contributed by atoms with van der Waals surface area (Å²) in [5.41, 5.74) is 0.711. The van der Waals surface area contributed by atoms with Gasteiger partial charge >= 0.3 is 0 Å². The van der Waals surface area contributed by atoms with Crippen molar-refractivity contribution in [2.24, 2.45) is 0 Å². The maximum Gasteiger partial charge on any atom is 0.273 e. The highest BCUT2D eigenvalue weighted by molar-refractivity contribution is 7.14. The van der Waals surface area contributed by atoms with Gasteiger partial charge in [0.2, 0.25) is 0 Å². The molecule has 27 heavy (non-hydrogen) atoms. The first-order chi connectivity index (χ1) is 12.8. The molecule has 0 aliphatic heterocycles. The summed E-state index contributed by atoms with van der Waals surface area (Å²) >= 11 is 1.20. The topological polar surface area (TPSA) is 84.0 Å². The summed E-state index contributed by atoms with van der Waals surface area (Å²) in [4.78, 5) is 32.7. The van der Waals surface area contributed by atoms with Crippen LogP contribution < -0.4 is 14.8 Å². The first-order valence-corrected chi connectivity index (χ1v) is 9.12. The van der Waals surface area contributed by atoms with E-state index in [-0.39, 0.29) is 11.8 Å². The molecule has 0 atom stereocenters. The highest BCUT2D eigenvalue weighted by atomic mass is 32.1. The third kappa shape index (κ3) is 5.41. The van der Waals surface area contributed by atoms with Crippen LogP contribution in [0.1, 0.15) is 20.8 Å². The Hall–Kier alpha value is -2.65. The number of aromatic nitrogens is 1. The van der Waals surface area contributed by atoms with Gasteiger partial charge in [0.15, 0.2) is 16.6 Å². The lowest BCUT2D eigenvalue weighted by Gasteiger charge is -2.18. The molecule has 1 N–H and O–H groups in total. The Morgan fingerprint density at radius 2 is 1.81 bits per heavy atom. The fourth-order valence-corrected chi connectivity index (χ4v) is 2.90. The van der Waals surface area contributed by atoms with Crippen molar-refractivity contribution < 1.29 is 19.1 Å². The average molecular weight is 392 g/mol. The molecule has 0 aliphatic rings. The summed E-state index contributed by atoms with van der Waals surface area (Å²) < 4.78 is 10.4. The van der Waals surface area contributed by atoms with Gasteiger partial charge in [0, 0.05) is 31.1 Å². The van der Waals surface area contributed by atoms with Gasteiger partial charge in [-0.2, -0.15) is 0 Å². The second kappa shape index (κ2) is 9.33. The zero-order valence-corrected chi connectivity index (χ0v) is 16.9. The lowest BCUT2D eigenvalue weighted by molar-refractivity contribution is 0.0781. The quantitative estimate of drug-likeness (QED) is 0.740. The van der Waals surface area contributed by atoms with Crippen LogP contribution in [0, 0.1) is 0 Å². The number of methoxy groups -OCH3 is 2. The van der Waals surface area contributed by atoms with Gasteiger partial charge in [-0.1, -0.05) is 0 Å². The van der Waals surface area contributed by atoms with Crippen molar-refractivity contribution in [3.63, 3.8) is 0 Å². The van der Waals surface area contributed by atoms with Gasteiger partial charge in [-0.05, 0) is 32.3 Å². The maximum absolute atomic E-state index is 12.4. The Balaban J connectivity index is 2.04. The number of likely N-dealkylation sites (N-methyl/N-ethyl adjacent to an activating group) is 2. The van der Waals surface area contributed by atoms with Crippen LogP contribution in [0.3, 0.4) is 0 Å². The number of nitrogens with one attached hydrogen (secondary N) is 1. The van der Waals surface area contributed by atoms with Crippen molar-refractivity contribution in [1.82, 2.24) is 14.8 Å². The lowest BCUT2D eigenvalue weighted by Crippen LogP contribution is -2.33. The van der Waals surface area contributed by atoms with E-state index in [0.717, 1.165) is 6.54 Å². The van der Waals surface area contributed by atoms with Gasteiger partial charge in [0.25, 0.3) is 11.8 Å². The van der Waals surface area contributed by atoms with E-state index in [9.17, 15) is 9.59 Å². The summed E-state index contributed by atoms with van der Waals surface area (Å²) in [7, 11) is 8.66. The van der Waals surface area contributed by atoms with E-state index in [1.54, 1.807) is 35.5 Å². The molecule has 2 aromatic rings. The van der Waals surface area contributed by atoms with Gasteiger partial charge in [0.05, 0.1) is 14.2 Å². The molecule has 2 rings (SSSR count). The maximum atomic E-state index is 12.4. The first-order valence-electron chi connectivity index (χ1n) is 8.24. The van der Waals surface area contributed by atoms with Gasteiger partial charge in [-0.15, -0.1) is 11.3 Å². The molecule has 1 heterocycles. The minimum Gasteiger partial charge on any atom is -0.493 e. The molecule has 1 aromatic heterocycles. The zero-order chi connectivity index (χ0) is 20.0. The molecule has 0 spiro atoms. The number of amides is 2. The molecule has 0 bridgehead atoms. The molecule has 0 radical (unpaired) electrons. The van der Waals surface area contributed by atoms with Crippen molar-refractivity contribution >= 4 is 28.3 Å². The normalized spacial score (nSPS) is 10.6. The molecule has 0 saturated heterocycles. The second-order valence-corrected chi connectivity index (χ2v) is 6.95. The third-order valence-electron chi connectivity index (χ3n) is 3.82. The Kier molecular flexibility index (Phi) is 7.14. The minimum absolute atomic E-state index is 0.181. The number of anilines is 1. The number of benzene rings is 1. The van der Waals surface area contributed by atoms with Gasteiger partial charge in [-0.25, -0.2) is 4.98 Å². The summed E-state index contributed by atoms with van der Waals surface area (Å²) in [6.45, 7) is 1.35. The van der Waals surface area contributed by atoms with Gasteiger partial charge in [0.1, 0.15) is 5.69 Å². The zero-order valence-electron chi connectivity index (χ0n) is 16.1. The van der Waals surface area contributed by atoms with E-state index >= 15 is 0 Å². The Morgan fingerprint density at radius 3 is 2.44 bits per heavy atom. The third-order valence-corrected chi connectivity index (χ3v) is 4.58. The minimum atomic E-state index is -0.342. The monoisotopic (exact) mass is 392 g/mol. The van der Waals surface area contributed by atoms with Crippen LogP contribution in [0.25, 0.3) is 0 Å². The highest BCUT2D eigenvalue weighted by Crippen LogP contribution is 2.28. The van der Waals surface area contributed by atoms with Crippen LogP contribution in [0.5, 0.6) is 11.5 Å². The van der Waals surface area contributed by atoms with Gasteiger partial charge < -0.3 is 19.3 Å². The summed E-state index contributed by atoms with van der Waals surface area (Å²) in [6.07, 6.45) is 0. The molecular weight excluding hydrogens is 368 g/mol. The van der Waals surface area contributed by atoms with E-state index in [2.05, 4.69) is 10.3 Å². The van der Waals surface area contributed by atoms with Crippen LogP contribution in [0.2, 0.25) is 0 Å². The van der Waals surface area contributed by atoms with E-state index in [1.165, 1.54) is 25.6 Å². The van der Waals surface area contributed by atoms with Crippen LogP contribution >= 0.6 is 11.3 Å². The molecule has 9 heteroatoms. The lowest BCUT2D eigenvalue weighted by atomic mass is 10.2. The van der Waals surface area contributed by atoms with Crippen LogP contribution in [0.15, 0.2) is 23.6 Å². The second-order valence-electron chi connectivity index (χ2n) is 6.09. The number of carbonyl (C=O) groups excluding carboxylic acids is 2. The number of hydrogen-bond acceptors (Lipinski definition) is 7. The number of thiazole rings is 1. The van der Waals surface area contributed by atoms with E-state index in [4.69, 9.17) is 9.47 Å². The number of carbonyl (C=O) groups is 2. The number of rotatable bonds is 8. The van der Waals surface area contributed by atoms with Crippen LogP contribution in [0.4, 0.5) is 5.13 Å². The Morgan fingerprint density at radius 1 is 1.11 bits per heavy atom. The fourth-order valence-electron chi connectivity index (χ4n) is 2.22. The van der Waals surface area contributed by atoms with Crippen molar-refractivity contribution in [3.05, 3.63) is 34.8 Å². The molecule has 1 aromatic carbocycles. The molecule has 146 valence electrons. The Labute approximate surface area is 162 Å². The molecule has 0 fully saturated rings. The standard InChI is InChI=1S/C18H24N4O4S/c1-21(2)8-9-22(3)17(24)13-11-27-18(19-13)20-16(23)12-6-7-14(25-4)15(10-12)26-5/h6-7,10-11H,8-9H2,1-5H3,(H,19,20,23). The molecule has 8 nitrogen and oxygen atoms in total. The highest BCUT2D eigenvalue weighted by Gasteiger charge is 2.17. The number of nitrogens with zero attached hydrogens (tertiary/aromatic N) is 3. The van der Waals surface area contributed by atoms with Crippen LogP contribution in [-0.2, 0) is 0 Å². The SMILES string of the molecule is COc1ccc(C(=O)Nc2nc(C(=O)N(C)CCN(C)C)cs2)cc1OC. The van der Waals surface area contributed by atoms with E-state index in [1.807, 2.05) is 19.0 Å². The van der Waals surface area contributed by atoms with Crippen molar-refractivity contribution in [1.29, 1.82) is 0 Å². The van der Waals surface area contributed by atoms with Crippen molar-refractivity contribution in [2.75, 3.05) is 53.8 Å². The summed E-state index contributed by atoms with van der Waals surface area (Å²) in [5, 5.41) is 4.70. The molecular formula is C18H24N4O4S. The molecule has 0 aliphatic carbocycles. The molecule has 0 unspecified atom stereocenters. The smallest absolute Gasteiger partial charge is 0.273 e. The summed E-state index contributed by atoms with van der Waals surface area (Å²) in [6, 6.07) is 4.87. The van der Waals surface area contributed by atoms with E-state index in [0.29, 0.717) is 34.4 Å². The fraction of sp³-hybridized carbons (Fsp3) is 0.389. The first kappa shape index (κ1) is 20.7. The summed E-state index contributed by atoms with van der Waals surface area (Å²) in [5.74, 6) is 0.476. The predicted octanol–water partition coefficient (Wildman–Crippen LogP) is 2.05. The largest absolute Gasteiger partial charge is 0.493 e. The Bertz CT molecular complexity index is 806. The van der Waals surface area contributed by atoms with Crippen molar-refractivity contribution in [2.45, 2.75) is 0 Å². The predicted molar refractivity (Wildman–Crippen MR) is 105 cm³/mol. The molecule has 2 amide bonds. The van der Waals surface area contributed by atoms with E-state index < -0.39 is 0 Å². The van der Waals surface area contributed by atoms with Crippen molar-refractivity contribution in [3.8, 4) is 11.5 Å². The van der Waals surface area contributed by atoms with Gasteiger partial charge in [-0.3, -0.25) is 14.9 Å². The molecule has 0 saturated carbocycles. The number of ether oxygens (including phenoxy) is 2.